The summed E-state index contributed by atoms with van der Waals surface area (Å²) in [5.41, 5.74) is 6.51. The van der Waals surface area contributed by atoms with Crippen LogP contribution in [0.5, 0.6) is 0 Å². The molecule has 1 aromatic rings. The van der Waals surface area contributed by atoms with Crippen LogP contribution in [0, 0.1) is 11.3 Å². The van der Waals surface area contributed by atoms with Crippen molar-refractivity contribution in [1.29, 1.82) is 0 Å². The number of hydrogen-bond acceptors (Lipinski definition) is 4. The summed E-state index contributed by atoms with van der Waals surface area (Å²) >= 11 is 0. The predicted octanol–water partition coefficient (Wildman–Crippen LogP) is 1.96. The zero-order chi connectivity index (χ0) is 12.8. The highest BCUT2D eigenvalue weighted by molar-refractivity contribution is 5.94. The summed E-state index contributed by atoms with van der Waals surface area (Å²) in [6.07, 6.45) is 6.64. The van der Waals surface area contributed by atoms with E-state index in [9.17, 15) is 4.79 Å². The van der Waals surface area contributed by atoms with Gasteiger partial charge in [0, 0.05) is 6.54 Å². The summed E-state index contributed by atoms with van der Waals surface area (Å²) in [7, 11) is 0. The number of nitrogens with zero attached hydrogens (tertiary/aromatic N) is 1. The predicted molar refractivity (Wildman–Crippen MR) is 68.5 cm³/mol. The summed E-state index contributed by atoms with van der Waals surface area (Å²) in [6.45, 7) is 0.828. The van der Waals surface area contributed by atoms with Crippen molar-refractivity contribution < 1.29 is 9.90 Å². The molecule has 0 unspecified atom stereocenters. The van der Waals surface area contributed by atoms with Gasteiger partial charge in [-0.2, -0.15) is 0 Å². The summed E-state index contributed by atoms with van der Waals surface area (Å²) in [5.74, 6) is 0.282. The lowest BCUT2D eigenvalue weighted by molar-refractivity contribution is 0.0697. The molecule has 2 saturated carbocycles. The third-order valence-electron chi connectivity index (χ3n) is 4.08. The molecule has 0 atom stereocenters. The molecule has 0 aromatic carbocycles. The molecule has 0 radical (unpaired) electrons. The van der Waals surface area contributed by atoms with Crippen LogP contribution < -0.4 is 11.1 Å². The van der Waals surface area contributed by atoms with Crippen LogP contribution in [-0.2, 0) is 0 Å². The molecule has 1 aromatic heterocycles. The molecule has 0 saturated heterocycles. The normalized spacial score (nSPS) is 20.4. The van der Waals surface area contributed by atoms with Crippen molar-refractivity contribution in [2.45, 2.75) is 25.7 Å². The van der Waals surface area contributed by atoms with Crippen molar-refractivity contribution in [3.05, 3.63) is 17.8 Å². The molecule has 4 N–H and O–H groups in total. The smallest absolute Gasteiger partial charge is 0.339 e. The lowest BCUT2D eigenvalue weighted by atomic mass is 10.0. The van der Waals surface area contributed by atoms with Crippen molar-refractivity contribution >= 4 is 17.5 Å². The minimum atomic E-state index is -0.992. The Morgan fingerprint density at radius 2 is 2.28 bits per heavy atom. The van der Waals surface area contributed by atoms with Gasteiger partial charge in [0.25, 0.3) is 0 Å². The number of rotatable bonds is 5. The van der Waals surface area contributed by atoms with Gasteiger partial charge in [-0.25, -0.2) is 9.78 Å². The van der Waals surface area contributed by atoms with Gasteiger partial charge in [-0.05, 0) is 43.1 Å². The standard InChI is InChI=1S/C13H17N3O2/c14-9-5-10(12(17)18)11(15-6-9)16-7-13(3-4-13)8-1-2-8/h5-6,8H,1-4,7,14H2,(H,15,16)(H,17,18). The molecule has 5 heteroatoms. The van der Waals surface area contributed by atoms with Crippen molar-refractivity contribution in [2.24, 2.45) is 11.3 Å². The number of nitrogens with one attached hydrogen (secondary N) is 1. The molecule has 0 amide bonds. The molecular formula is C13H17N3O2. The molecule has 2 aliphatic rings. The molecule has 0 spiro atoms. The average molecular weight is 247 g/mol. The zero-order valence-corrected chi connectivity index (χ0v) is 10.1. The van der Waals surface area contributed by atoms with Crippen LogP contribution in [-0.4, -0.2) is 22.6 Å². The Labute approximate surface area is 105 Å². The summed E-state index contributed by atoms with van der Waals surface area (Å²) < 4.78 is 0. The number of aromatic carboxylic acids is 1. The van der Waals surface area contributed by atoms with Crippen LogP contribution in [0.25, 0.3) is 0 Å². The van der Waals surface area contributed by atoms with E-state index in [4.69, 9.17) is 10.8 Å². The van der Waals surface area contributed by atoms with Crippen LogP contribution in [0.1, 0.15) is 36.0 Å². The maximum Gasteiger partial charge on any atom is 0.339 e. The number of carbonyl (C=O) groups is 1. The van der Waals surface area contributed by atoms with E-state index < -0.39 is 5.97 Å². The summed E-state index contributed by atoms with van der Waals surface area (Å²) in [6, 6.07) is 1.45. The highest BCUT2D eigenvalue weighted by Crippen LogP contribution is 2.61. The second kappa shape index (κ2) is 3.86. The first-order valence-electron chi connectivity index (χ1n) is 6.33. The third kappa shape index (κ3) is 2.00. The quantitative estimate of drug-likeness (QED) is 0.740. The second-order valence-corrected chi connectivity index (χ2v) is 5.46. The number of aromatic nitrogens is 1. The fourth-order valence-electron chi connectivity index (χ4n) is 2.63. The van der Waals surface area contributed by atoms with Gasteiger partial charge in [-0.1, -0.05) is 0 Å². The number of carboxylic acid groups (broad SMARTS) is 1. The van der Waals surface area contributed by atoms with Crippen LogP contribution >= 0.6 is 0 Å². The third-order valence-corrected chi connectivity index (χ3v) is 4.08. The van der Waals surface area contributed by atoms with Gasteiger partial charge in [0.15, 0.2) is 0 Å². The first-order chi connectivity index (χ1) is 8.61. The Morgan fingerprint density at radius 3 is 2.83 bits per heavy atom. The minimum absolute atomic E-state index is 0.154. The maximum atomic E-state index is 11.1. The van der Waals surface area contributed by atoms with E-state index in [1.54, 1.807) is 0 Å². The van der Waals surface area contributed by atoms with Crippen molar-refractivity contribution in [3.8, 4) is 0 Å². The van der Waals surface area contributed by atoms with E-state index in [0.29, 0.717) is 16.9 Å². The second-order valence-electron chi connectivity index (χ2n) is 5.46. The first kappa shape index (κ1) is 11.3. The van der Waals surface area contributed by atoms with Gasteiger partial charge in [-0.3, -0.25) is 0 Å². The molecule has 2 aliphatic carbocycles. The first-order valence-corrected chi connectivity index (χ1v) is 6.33. The summed E-state index contributed by atoms with van der Waals surface area (Å²) in [5, 5.41) is 12.3. The summed E-state index contributed by atoms with van der Waals surface area (Å²) in [4.78, 5) is 15.2. The molecule has 3 rings (SSSR count). The van der Waals surface area contributed by atoms with Crippen molar-refractivity contribution in [1.82, 2.24) is 4.98 Å². The number of carboxylic acids is 1. The van der Waals surface area contributed by atoms with Crippen molar-refractivity contribution in [2.75, 3.05) is 17.6 Å². The largest absolute Gasteiger partial charge is 0.478 e. The van der Waals surface area contributed by atoms with E-state index in [0.717, 1.165) is 12.5 Å². The number of hydrogen-bond donors (Lipinski definition) is 3. The Bertz CT molecular complexity index is 493. The average Bonchev–Trinajstić information content (AvgIpc) is 3.19. The van der Waals surface area contributed by atoms with E-state index in [-0.39, 0.29) is 5.56 Å². The zero-order valence-electron chi connectivity index (χ0n) is 10.1. The highest BCUT2D eigenvalue weighted by Gasteiger charge is 2.53. The van der Waals surface area contributed by atoms with Gasteiger partial charge in [0.1, 0.15) is 11.4 Å². The van der Waals surface area contributed by atoms with E-state index in [2.05, 4.69) is 10.3 Å². The number of nitrogen functional groups attached to an aromatic ring is 1. The molecule has 18 heavy (non-hydrogen) atoms. The number of anilines is 2. The fraction of sp³-hybridized carbons (Fsp3) is 0.538. The lowest BCUT2D eigenvalue weighted by Gasteiger charge is -2.16. The Kier molecular flexibility index (Phi) is 2.43. The Balaban J connectivity index is 1.74. The maximum absolute atomic E-state index is 11.1. The molecule has 0 bridgehead atoms. The monoisotopic (exact) mass is 247 g/mol. The van der Waals surface area contributed by atoms with Crippen LogP contribution in [0.3, 0.4) is 0 Å². The van der Waals surface area contributed by atoms with Gasteiger partial charge in [-0.15, -0.1) is 0 Å². The molecule has 0 aliphatic heterocycles. The van der Waals surface area contributed by atoms with Gasteiger partial charge in [0.05, 0.1) is 11.9 Å². The SMILES string of the molecule is Nc1cnc(NCC2(C3CC3)CC2)c(C(=O)O)c1. The Hall–Kier alpha value is -1.78. The number of nitrogens with two attached hydrogens (primary N) is 1. The van der Waals surface area contributed by atoms with Crippen LogP contribution in [0.2, 0.25) is 0 Å². The van der Waals surface area contributed by atoms with Crippen LogP contribution in [0.4, 0.5) is 11.5 Å². The fourth-order valence-corrected chi connectivity index (χ4v) is 2.63. The van der Waals surface area contributed by atoms with Crippen LogP contribution in [0.15, 0.2) is 12.3 Å². The van der Waals surface area contributed by atoms with Crippen molar-refractivity contribution in [3.63, 3.8) is 0 Å². The van der Waals surface area contributed by atoms with E-state index >= 15 is 0 Å². The molecular weight excluding hydrogens is 230 g/mol. The van der Waals surface area contributed by atoms with E-state index in [1.807, 2.05) is 0 Å². The van der Waals surface area contributed by atoms with Gasteiger partial charge < -0.3 is 16.2 Å². The van der Waals surface area contributed by atoms with E-state index in [1.165, 1.54) is 37.9 Å². The molecule has 1 heterocycles. The highest BCUT2D eigenvalue weighted by atomic mass is 16.4. The molecule has 96 valence electrons. The van der Waals surface area contributed by atoms with Gasteiger partial charge in [0.2, 0.25) is 0 Å². The topological polar surface area (TPSA) is 88.2 Å². The molecule has 5 nitrogen and oxygen atoms in total. The molecule has 2 fully saturated rings. The lowest BCUT2D eigenvalue weighted by Crippen LogP contribution is -2.19. The number of pyridine rings is 1. The minimum Gasteiger partial charge on any atom is -0.478 e. The van der Waals surface area contributed by atoms with Gasteiger partial charge >= 0.3 is 5.97 Å². The Morgan fingerprint density at radius 1 is 1.56 bits per heavy atom.